The average molecular weight is 561 g/mol. The number of carbonyl (C=O) groups excluding carboxylic acids is 2. The molecule has 8 nitrogen and oxygen atoms in total. The second-order valence-electron chi connectivity index (χ2n) is 15.0. The molecule has 4 aliphatic rings. The van der Waals surface area contributed by atoms with Gasteiger partial charge in [-0.25, -0.2) is 4.79 Å². The van der Waals surface area contributed by atoms with Gasteiger partial charge in [0.25, 0.3) is 0 Å². The molecule has 9 heteroatoms. The lowest BCUT2D eigenvalue weighted by molar-refractivity contribution is -0.232. The summed E-state index contributed by atoms with van der Waals surface area (Å²) < 4.78 is 36.1. The number of fused-ring (bicyclic) bond motifs is 3. The highest BCUT2D eigenvalue weighted by Gasteiger charge is 2.70. The van der Waals surface area contributed by atoms with Crippen molar-refractivity contribution in [3.8, 4) is 0 Å². The van der Waals surface area contributed by atoms with Crippen LogP contribution in [-0.4, -0.2) is 56.9 Å². The molecule has 5 rings (SSSR count). The Kier molecular flexibility index (Phi) is 6.91. The molecule has 3 saturated heterocycles. The standard InChI is InChI=1S/C30H44O8Si/c1-27(2,3)15-30(16-28(30,4)5)26(32)36-22-20-21(34-24(22)31)23-25(35-20)38-29(6,37-23)19-12-10-18(11-13-19)14-33-17-39(7,8)9/h10-13,20-23,25H,14-17H2,1-9H3. The van der Waals surface area contributed by atoms with Crippen LogP contribution in [-0.2, 0) is 50.4 Å². The summed E-state index contributed by atoms with van der Waals surface area (Å²) >= 11 is 0. The fourth-order valence-corrected chi connectivity index (χ4v) is 7.00. The summed E-state index contributed by atoms with van der Waals surface area (Å²) in [6.45, 7) is 19.7. The molecule has 1 aromatic rings. The van der Waals surface area contributed by atoms with Crippen molar-refractivity contribution in [1.82, 2.24) is 0 Å². The van der Waals surface area contributed by atoms with E-state index in [0.717, 1.165) is 23.8 Å². The smallest absolute Gasteiger partial charge is 0.350 e. The molecular formula is C30H44O8Si. The van der Waals surface area contributed by atoms with Crippen LogP contribution in [0.3, 0.4) is 0 Å². The van der Waals surface area contributed by atoms with Crippen molar-refractivity contribution in [2.45, 2.75) is 117 Å². The van der Waals surface area contributed by atoms with Crippen LogP contribution in [0.15, 0.2) is 24.3 Å². The highest BCUT2D eigenvalue weighted by Crippen LogP contribution is 2.68. The number of ether oxygens (including phenoxy) is 6. The normalized spacial score (nSPS) is 36.8. The van der Waals surface area contributed by atoms with E-state index in [-0.39, 0.29) is 16.8 Å². The van der Waals surface area contributed by atoms with Gasteiger partial charge in [-0.3, -0.25) is 4.79 Å². The molecule has 0 N–H and O–H groups in total. The quantitative estimate of drug-likeness (QED) is 0.321. The Labute approximate surface area is 233 Å². The zero-order valence-corrected chi connectivity index (χ0v) is 25.8. The molecular weight excluding hydrogens is 516 g/mol. The van der Waals surface area contributed by atoms with Crippen molar-refractivity contribution < 1.29 is 38.0 Å². The maximum atomic E-state index is 13.4. The summed E-state index contributed by atoms with van der Waals surface area (Å²) in [6, 6.07) is 7.94. The van der Waals surface area contributed by atoms with E-state index in [1.165, 1.54) is 0 Å². The van der Waals surface area contributed by atoms with Crippen LogP contribution in [0.5, 0.6) is 0 Å². The zero-order chi connectivity index (χ0) is 28.6. The Morgan fingerprint density at radius 1 is 1.03 bits per heavy atom. The van der Waals surface area contributed by atoms with Gasteiger partial charge in [-0.1, -0.05) is 78.5 Å². The van der Waals surface area contributed by atoms with Gasteiger partial charge in [0, 0.05) is 11.8 Å². The SMILES string of the molecule is CC(C)(C)CC1(C(=O)OC2C(=O)OC3C4OC(C)(c5ccc(COC[Si](C)(C)C)cc5)OC4OC23)CC1(C)C. The minimum absolute atomic E-state index is 0.0578. The van der Waals surface area contributed by atoms with Crippen molar-refractivity contribution >= 4 is 20.0 Å². The third-order valence-corrected chi connectivity index (χ3v) is 9.42. The fourth-order valence-electron chi connectivity index (χ4n) is 6.29. The summed E-state index contributed by atoms with van der Waals surface area (Å²) in [5, 5.41) is 0. The van der Waals surface area contributed by atoms with Crippen molar-refractivity contribution in [3.63, 3.8) is 0 Å². The van der Waals surface area contributed by atoms with Gasteiger partial charge in [0.05, 0.1) is 20.1 Å². The Hall–Kier alpha value is -1.78. The molecule has 7 unspecified atom stereocenters. The first-order chi connectivity index (χ1) is 17.9. The molecule has 0 radical (unpaired) electrons. The van der Waals surface area contributed by atoms with Crippen LogP contribution in [0.25, 0.3) is 0 Å². The van der Waals surface area contributed by atoms with E-state index in [1.807, 2.05) is 31.2 Å². The summed E-state index contributed by atoms with van der Waals surface area (Å²) in [5.74, 6) is -2.01. The van der Waals surface area contributed by atoms with Crippen molar-refractivity contribution in [2.24, 2.45) is 16.2 Å². The molecule has 1 aromatic carbocycles. The summed E-state index contributed by atoms with van der Waals surface area (Å²) in [7, 11) is -1.26. The maximum absolute atomic E-state index is 13.4. The zero-order valence-electron chi connectivity index (χ0n) is 24.8. The number of rotatable bonds is 8. The van der Waals surface area contributed by atoms with Crippen molar-refractivity contribution in [2.75, 3.05) is 6.23 Å². The van der Waals surface area contributed by atoms with Gasteiger partial charge in [0.2, 0.25) is 6.10 Å². The highest BCUT2D eigenvalue weighted by molar-refractivity contribution is 6.76. The number of benzene rings is 1. The Bertz CT molecular complexity index is 1120. The second kappa shape index (κ2) is 9.38. The van der Waals surface area contributed by atoms with Gasteiger partial charge in [0.15, 0.2) is 24.3 Å². The molecule has 3 aliphatic heterocycles. The summed E-state index contributed by atoms with van der Waals surface area (Å²) in [4.78, 5) is 26.3. The van der Waals surface area contributed by atoms with Gasteiger partial charge in [-0.2, -0.15) is 0 Å². The number of hydrogen-bond acceptors (Lipinski definition) is 8. The monoisotopic (exact) mass is 560 g/mol. The number of hydrogen-bond donors (Lipinski definition) is 0. The molecule has 39 heavy (non-hydrogen) atoms. The van der Waals surface area contributed by atoms with Gasteiger partial charge in [0.1, 0.15) is 6.10 Å². The van der Waals surface area contributed by atoms with Gasteiger partial charge in [-0.05, 0) is 36.2 Å². The largest absolute Gasteiger partial charge is 0.454 e. The molecule has 0 amide bonds. The first-order valence-electron chi connectivity index (χ1n) is 14.0. The third-order valence-electron chi connectivity index (χ3n) is 8.35. The van der Waals surface area contributed by atoms with E-state index < -0.39 is 56.0 Å². The molecule has 1 saturated carbocycles. The van der Waals surface area contributed by atoms with Crippen LogP contribution in [0.4, 0.5) is 0 Å². The van der Waals surface area contributed by atoms with Crippen LogP contribution in [0.2, 0.25) is 19.6 Å². The fraction of sp³-hybridized carbons (Fsp3) is 0.733. The molecule has 0 spiro atoms. The molecule has 216 valence electrons. The minimum atomic E-state index is -1.26. The summed E-state index contributed by atoms with van der Waals surface area (Å²) in [5.41, 5.74) is 1.05. The van der Waals surface area contributed by atoms with E-state index in [2.05, 4.69) is 54.3 Å². The Morgan fingerprint density at radius 3 is 2.23 bits per heavy atom. The summed E-state index contributed by atoms with van der Waals surface area (Å²) in [6.07, 6.45) is -1.73. The van der Waals surface area contributed by atoms with Crippen LogP contribution in [0, 0.1) is 16.2 Å². The topological polar surface area (TPSA) is 89.5 Å². The second-order valence-corrected chi connectivity index (χ2v) is 20.4. The molecule has 1 aliphatic carbocycles. The predicted molar refractivity (Wildman–Crippen MR) is 146 cm³/mol. The van der Waals surface area contributed by atoms with Crippen molar-refractivity contribution in [1.29, 1.82) is 0 Å². The van der Waals surface area contributed by atoms with Gasteiger partial charge >= 0.3 is 11.9 Å². The lowest BCUT2D eigenvalue weighted by atomic mass is 9.79. The van der Waals surface area contributed by atoms with E-state index in [4.69, 9.17) is 28.4 Å². The minimum Gasteiger partial charge on any atom is -0.454 e. The maximum Gasteiger partial charge on any atom is 0.350 e. The van der Waals surface area contributed by atoms with E-state index in [0.29, 0.717) is 13.0 Å². The number of carbonyl (C=O) groups is 2. The average Bonchev–Trinajstić information content (AvgIpc) is 3.06. The van der Waals surface area contributed by atoms with E-state index >= 15 is 0 Å². The molecule has 0 aromatic heterocycles. The van der Waals surface area contributed by atoms with Crippen LogP contribution >= 0.6 is 0 Å². The van der Waals surface area contributed by atoms with Crippen LogP contribution in [0.1, 0.15) is 65.5 Å². The van der Waals surface area contributed by atoms with Crippen LogP contribution < -0.4 is 0 Å². The molecule has 3 heterocycles. The Morgan fingerprint density at radius 2 is 1.67 bits per heavy atom. The lowest BCUT2D eigenvalue weighted by Gasteiger charge is -2.29. The Balaban J connectivity index is 1.22. The van der Waals surface area contributed by atoms with E-state index in [1.54, 1.807) is 0 Å². The van der Waals surface area contributed by atoms with Gasteiger partial charge < -0.3 is 28.4 Å². The van der Waals surface area contributed by atoms with E-state index in [9.17, 15) is 9.59 Å². The van der Waals surface area contributed by atoms with Crippen molar-refractivity contribution in [3.05, 3.63) is 35.4 Å². The molecule has 0 bridgehead atoms. The lowest BCUT2D eigenvalue weighted by Crippen LogP contribution is -2.40. The molecule has 7 atom stereocenters. The third kappa shape index (κ3) is 5.45. The first kappa shape index (κ1) is 28.7. The first-order valence-corrected chi connectivity index (χ1v) is 17.7. The highest BCUT2D eigenvalue weighted by atomic mass is 28.3. The number of esters is 2. The van der Waals surface area contributed by atoms with Gasteiger partial charge in [-0.15, -0.1) is 0 Å². The molecule has 4 fully saturated rings. The predicted octanol–water partition coefficient (Wildman–Crippen LogP) is 5.08.